The SMILES string of the molecule is [B][C@H]1C[C@@H](O)[C@@H](CN)O1. The number of aliphatic hydroxyl groups is 1. The summed E-state index contributed by atoms with van der Waals surface area (Å²) in [5, 5.41) is 9.07. The summed E-state index contributed by atoms with van der Waals surface area (Å²) in [5.74, 6) is 0. The molecule has 0 aromatic heterocycles. The number of aliphatic hydroxyl groups excluding tert-OH is 1. The zero-order chi connectivity index (χ0) is 6.85. The van der Waals surface area contributed by atoms with Gasteiger partial charge in [-0.2, -0.15) is 0 Å². The minimum atomic E-state index is -0.468. The lowest BCUT2D eigenvalue weighted by atomic mass is 9.96. The molecule has 0 unspecified atom stereocenters. The van der Waals surface area contributed by atoms with E-state index in [1.165, 1.54) is 0 Å². The summed E-state index contributed by atoms with van der Waals surface area (Å²) < 4.78 is 5.03. The molecule has 1 aliphatic rings. The quantitative estimate of drug-likeness (QED) is 0.425. The average Bonchev–Trinajstić information content (AvgIpc) is 2.10. The van der Waals surface area contributed by atoms with Crippen molar-refractivity contribution in [3.63, 3.8) is 0 Å². The van der Waals surface area contributed by atoms with Crippen molar-refractivity contribution in [1.29, 1.82) is 0 Å². The standard InChI is InChI=1S/C5H10BNO2/c6-5-1-3(8)4(2-7)9-5/h3-5,8H,1-2,7H2/t3-,4-,5-/m1/s1. The zero-order valence-corrected chi connectivity index (χ0v) is 5.16. The van der Waals surface area contributed by atoms with Gasteiger partial charge in [-0.15, -0.1) is 0 Å². The molecule has 9 heavy (non-hydrogen) atoms. The molecule has 0 saturated carbocycles. The van der Waals surface area contributed by atoms with Gasteiger partial charge in [-0.05, 0) is 6.42 Å². The van der Waals surface area contributed by atoms with E-state index in [9.17, 15) is 0 Å². The van der Waals surface area contributed by atoms with Gasteiger partial charge in [0.05, 0.1) is 12.2 Å². The summed E-state index contributed by atoms with van der Waals surface area (Å²) in [5.41, 5.74) is 5.25. The van der Waals surface area contributed by atoms with Crippen molar-refractivity contribution in [2.75, 3.05) is 6.54 Å². The lowest BCUT2D eigenvalue weighted by molar-refractivity contribution is 0.0389. The van der Waals surface area contributed by atoms with E-state index in [2.05, 4.69) is 0 Å². The molecule has 0 bridgehead atoms. The molecular formula is C5H10BNO2. The topological polar surface area (TPSA) is 55.5 Å². The van der Waals surface area contributed by atoms with Crippen LogP contribution in [0, 0.1) is 0 Å². The van der Waals surface area contributed by atoms with Gasteiger partial charge in [-0.1, -0.05) is 0 Å². The number of hydrogen-bond donors (Lipinski definition) is 2. The third kappa shape index (κ3) is 1.44. The van der Waals surface area contributed by atoms with E-state index in [1.807, 2.05) is 0 Å². The van der Waals surface area contributed by atoms with Gasteiger partial charge in [0.15, 0.2) is 0 Å². The lowest BCUT2D eigenvalue weighted by Crippen LogP contribution is -2.29. The maximum Gasteiger partial charge on any atom is 0.109 e. The molecule has 3 N–H and O–H groups in total. The normalized spacial score (nSPS) is 43.6. The first kappa shape index (κ1) is 7.06. The first-order valence-electron chi connectivity index (χ1n) is 3.03. The summed E-state index contributed by atoms with van der Waals surface area (Å²) in [6.45, 7) is 0.342. The molecule has 3 atom stereocenters. The molecule has 2 radical (unpaired) electrons. The fourth-order valence-electron chi connectivity index (χ4n) is 0.973. The van der Waals surface area contributed by atoms with Gasteiger partial charge in [-0.3, -0.25) is 0 Å². The van der Waals surface area contributed by atoms with Gasteiger partial charge < -0.3 is 15.6 Å². The van der Waals surface area contributed by atoms with Gasteiger partial charge in [0.1, 0.15) is 7.85 Å². The largest absolute Gasteiger partial charge is 0.390 e. The summed E-state index contributed by atoms with van der Waals surface area (Å²) >= 11 is 0. The van der Waals surface area contributed by atoms with Crippen LogP contribution in [0.3, 0.4) is 0 Å². The first-order valence-corrected chi connectivity index (χ1v) is 3.03. The Bertz CT molecular complexity index is 101. The highest BCUT2D eigenvalue weighted by Crippen LogP contribution is 2.16. The summed E-state index contributed by atoms with van der Waals surface area (Å²) in [7, 11) is 5.35. The van der Waals surface area contributed by atoms with Crippen LogP contribution in [0.1, 0.15) is 6.42 Å². The molecule has 1 heterocycles. The second-order valence-corrected chi connectivity index (χ2v) is 2.25. The molecule has 0 aromatic carbocycles. The van der Waals surface area contributed by atoms with Crippen molar-refractivity contribution in [2.45, 2.75) is 24.6 Å². The van der Waals surface area contributed by atoms with E-state index in [0.717, 1.165) is 0 Å². The predicted octanol–water partition coefficient (Wildman–Crippen LogP) is -1.41. The zero-order valence-electron chi connectivity index (χ0n) is 5.16. The van der Waals surface area contributed by atoms with Gasteiger partial charge >= 0.3 is 0 Å². The van der Waals surface area contributed by atoms with Crippen molar-refractivity contribution in [3.05, 3.63) is 0 Å². The smallest absolute Gasteiger partial charge is 0.109 e. The van der Waals surface area contributed by atoms with E-state index < -0.39 is 6.10 Å². The Labute approximate surface area is 55.6 Å². The summed E-state index contributed by atoms with van der Waals surface area (Å²) in [6.07, 6.45) is -0.216. The van der Waals surface area contributed by atoms with E-state index >= 15 is 0 Å². The number of ether oxygens (including phenoxy) is 1. The second kappa shape index (κ2) is 2.69. The van der Waals surface area contributed by atoms with Crippen molar-refractivity contribution in [2.24, 2.45) is 5.73 Å². The van der Waals surface area contributed by atoms with Crippen LogP contribution in [0.5, 0.6) is 0 Å². The summed E-state index contributed by atoms with van der Waals surface area (Å²) in [6, 6.07) is -0.325. The third-order valence-electron chi connectivity index (χ3n) is 1.48. The molecule has 50 valence electrons. The van der Waals surface area contributed by atoms with E-state index in [1.54, 1.807) is 0 Å². The van der Waals surface area contributed by atoms with Crippen LogP contribution < -0.4 is 5.73 Å². The molecule has 1 rings (SSSR count). The molecule has 1 aliphatic heterocycles. The Kier molecular flexibility index (Phi) is 2.11. The maximum atomic E-state index is 9.07. The minimum Gasteiger partial charge on any atom is -0.390 e. The highest BCUT2D eigenvalue weighted by molar-refractivity contribution is 6.11. The average molecular weight is 127 g/mol. The number of rotatable bonds is 1. The molecule has 4 heteroatoms. The molecule has 1 saturated heterocycles. The Hall–Kier alpha value is -0.0551. The second-order valence-electron chi connectivity index (χ2n) is 2.25. The maximum absolute atomic E-state index is 9.07. The van der Waals surface area contributed by atoms with Crippen molar-refractivity contribution < 1.29 is 9.84 Å². The fraction of sp³-hybridized carbons (Fsp3) is 1.00. The van der Waals surface area contributed by atoms with Gasteiger partial charge in [0.2, 0.25) is 0 Å². The van der Waals surface area contributed by atoms with Gasteiger partial charge in [-0.25, -0.2) is 0 Å². The van der Waals surface area contributed by atoms with Crippen LogP contribution in [0.4, 0.5) is 0 Å². The van der Waals surface area contributed by atoms with Crippen LogP contribution in [0.25, 0.3) is 0 Å². The highest BCUT2D eigenvalue weighted by Gasteiger charge is 2.29. The van der Waals surface area contributed by atoms with Gasteiger partial charge in [0, 0.05) is 12.5 Å². The monoisotopic (exact) mass is 127 g/mol. The predicted molar refractivity (Wildman–Crippen MR) is 34.1 cm³/mol. The molecule has 0 aliphatic carbocycles. The van der Waals surface area contributed by atoms with Crippen LogP contribution in [-0.2, 0) is 4.74 Å². The molecule has 0 amide bonds. The van der Waals surface area contributed by atoms with E-state index in [-0.39, 0.29) is 12.1 Å². The first-order chi connectivity index (χ1) is 4.24. The Morgan fingerprint density at radius 1 is 1.78 bits per heavy atom. The number of nitrogens with two attached hydrogens (primary N) is 1. The Morgan fingerprint density at radius 3 is 2.67 bits per heavy atom. The van der Waals surface area contributed by atoms with Crippen LogP contribution in [-0.4, -0.2) is 37.7 Å². The highest BCUT2D eigenvalue weighted by atomic mass is 16.5. The minimum absolute atomic E-state index is 0.250. The Morgan fingerprint density at radius 2 is 2.44 bits per heavy atom. The van der Waals surface area contributed by atoms with Crippen molar-refractivity contribution in [1.82, 2.24) is 0 Å². The Balaban J connectivity index is 2.38. The van der Waals surface area contributed by atoms with Crippen LogP contribution in [0.2, 0.25) is 0 Å². The van der Waals surface area contributed by atoms with E-state index in [4.69, 9.17) is 23.4 Å². The third-order valence-corrected chi connectivity index (χ3v) is 1.48. The molecule has 1 fully saturated rings. The number of hydrogen-bond acceptors (Lipinski definition) is 3. The molecular weight excluding hydrogens is 117 g/mol. The van der Waals surface area contributed by atoms with Crippen LogP contribution in [0.15, 0.2) is 0 Å². The van der Waals surface area contributed by atoms with Gasteiger partial charge in [0.25, 0.3) is 0 Å². The van der Waals surface area contributed by atoms with Crippen molar-refractivity contribution in [3.8, 4) is 0 Å². The molecule has 0 spiro atoms. The fourth-order valence-corrected chi connectivity index (χ4v) is 0.973. The lowest BCUT2D eigenvalue weighted by Gasteiger charge is -2.09. The molecule has 3 nitrogen and oxygen atoms in total. The van der Waals surface area contributed by atoms with E-state index in [0.29, 0.717) is 13.0 Å². The molecule has 0 aromatic rings. The van der Waals surface area contributed by atoms with Crippen LogP contribution >= 0.6 is 0 Å². The summed E-state index contributed by atoms with van der Waals surface area (Å²) in [4.78, 5) is 0. The van der Waals surface area contributed by atoms with Crippen molar-refractivity contribution >= 4 is 7.85 Å².